The average molecular weight is 535 g/mol. The normalized spacial score (nSPS) is 10.9. The molecule has 0 N–H and O–H groups in total. The molecule has 39 heavy (non-hydrogen) atoms. The number of ether oxygens (including phenoxy) is 7. The van der Waals surface area contributed by atoms with Gasteiger partial charge in [-0.25, -0.2) is 0 Å². The van der Waals surface area contributed by atoms with Crippen LogP contribution >= 0.6 is 0 Å². The molecule has 0 unspecified atom stereocenters. The van der Waals surface area contributed by atoms with Gasteiger partial charge in [-0.15, -0.1) is 0 Å². The summed E-state index contributed by atoms with van der Waals surface area (Å²) in [6, 6.07) is 12.6. The number of allylic oxidation sites excluding steroid dienone is 2. The summed E-state index contributed by atoms with van der Waals surface area (Å²) in [5.41, 5.74) is 3.09. The standard InChI is InChI=1S/C31H34O8/c1-33-25-15-14-22(19-27(25)35-3)24(32)10-8-9-23-21(13-16-26(34-2)30(23)38-6)12-11-20-17-28(36-4)31(39-7)29(18-20)37-5/h8,10-19H,9H2,1-7H3/b10-8-,12-11-. The van der Waals surface area contributed by atoms with E-state index in [1.54, 1.807) is 66.9 Å². The highest BCUT2D eigenvalue weighted by molar-refractivity contribution is 6.05. The lowest BCUT2D eigenvalue weighted by Gasteiger charge is -2.15. The van der Waals surface area contributed by atoms with E-state index in [4.69, 9.17) is 33.2 Å². The molecule has 0 atom stereocenters. The van der Waals surface area contributed by atoms with Crippen LogP contribution in [0.4, 0.5) is 0 Å². The van der Waals surface area contributed by atoms with Crippen LogP contribution < -0.4 is 33.2 Å². The summed E-state index contributed by atoms with van der Waals surface area (Å²) >= 11 is 0. The molecule has 8 heteroatoms. The van der Waals surface area contributed by atoms with Gasteiger partial charge in [-0.05, 0) is 60.0 Å². The highest BCUT2D eigenvalue weighted by Crippen LogP contribution is 2.39. The molecule has 0 saturated carbocycles. The Kier molecular flexibility index (Phi) is 10.3. The van der Waals surface area contributed by atoms with Crippen molar-refractivity contribution in [1.82, 2.24) is 0 Å². The summed E-state index contributed by atoms with van der Waals surface area (Å²) in [5, 5.41) is 0. The number of hydrogen-bond donors (Lipinski definition) is 0. The fourth-order valence-corrected chi connectivity index (χ4v) is 4.13. The van der Waals surface area contributed by atoms with E-state index in [0.717, 1.165) is 16.7 Å². The molecule has 0 saturated heterocycles. The zero-order valence-corrected chi connectivity index (χ0v) is 23.3. The first-order valence-electron chi connectivity index (χ1n) is 12.1. The van der Waals surface area contributed by atoms with Gasteiger partial charge in [0.2, 0.25) is 5.75 Å². The van der Waals surface area contributed by atoms with E-state index in [1.807, 2.05) is 36.4 Å². The molecular formula is C31H34O8. The first-order chi connectivity index (χ1) is 18.9. The second-order valence-electron chi connectivity index (χ2n) is 8.20. The molecule has 0 bridgehead atoms. The Morgan fingerprint density at radius 2 is 1.21 bits per heavy atom. The summed E-state index contributed by atoms with van der Waals surface area (Å²) < 4.78 is 38.1. The molecule has 0 heterocycles. The molecule has 0 aliphatic heterocycles. The molecule has 3 aromatic carbocycles. The Hall–Kier alpha value is -4.59. The van der Waals surface area contributed by atoms with Crippen LogP contribution in [0.15, 0.2) is 54.6 Å². The third-order valence-corrected chi connectivity index (χ3v) is 6.09. The van der Waals surface area contributed by atoms with E-state index >= 15 is 0 Å². The quantitative estimate of drug-likeness (QED) is 0.152. The molecule has 8 nitrogen and oxygen atoms in total. The van der Waals surface area contributed by atoms with E-state index in [0.29, 0.717) is 52.2 Å². The smallest absolute Gasteiger partial charge is 0.203 e. The molecule has 0 spiro atoms. The van der Waals surface area contributed by atoms with Gasteiger partial charge in [0.25, 0.3) is 0 Å². The van der Waals surface area contributed by atoms with Crippen molar-refractivity contribution in [2.45, 2.75) is 6.42 Å². The first-order valence-corrected chi connectivity index (χ1v) is 12.1. The second-order valence-corrected chi connectivity index (χ2v) is 8.20. The van der Waals surface area contributed by atoms with Crippen molar-refractivity contribution in [3.05, 3.63) is 76.9 Å². The Morgan fingerprint density at radius 1 is 0.615 bits per heavy atom. The Morgan fingerprint density at radius 3 is 1.77 bits per heavy atom. The van der Waals surface area contributed by atoms with E-state index in [-0.39, 0.29) is 5.78 Å². The monoisotopic (exact) mass is 534 g/mol. The Labute approximate surface area is 229 Å². The number of carbonyl (C=O) groups is 1. The van der Waals surface area contributed by atoms with Crippen LogP contribution in [0.5, 0.6) is 40.2 Å². The van der Waals surface area contributed by atoms with E-state index in [2.05, 4.69) is 0 Å². The maximum Gasteiger partial charge on any atom is 0.203 e. The van der Waals surface area contributed by atoms with Crippen molar-refractivity contribution in [3.63, 3.8) is 0 Å². The summed E-state index contributed by atoms with van der Waals surface area (Å²) in [4.78, 5) is 12.9. The topological polar surface area (TPSA) is 81.7 Å². The number of carbonyl (C=O) groups excluding carboxylic acids is 1. The third kappa shape index (κ3) is 6.65. The molecule has 0 fully saturated rings. The van der Waals surface area contributed by atoms with Crippen LogP contribution in [-0.4, -0.2) is 55.6 Å². The molecule has 3 aromatic rings. The van der Waals surface area contributed by atoms with E-state index in [1.165, 1.54) is 13.2 Å². The summed E-state index contributed by atoms with van der Waals surface area (Å²) in [5.74, 6) is 3.71. The SMILES string of the molecule is COc1ccc(C(=O)/C=C\Cc2c(/C=C\c3cc(OC)c(OC)c(OC)c3)ccc(OC)c2OC)cc1OC. The van der Waals surface area contributed by atoms with Gasteiger partial charge in [0.15, 0.2) is 40.3 Å². The number of ketones is 1. The molecule has 3 rings (SSSR count). The van der Waals surface area contributed by atoms with Crippen LogP contribution in [0.3, 0.4) is 0 Å². The number of rotatable bonds is 13. The lowest BCUT2D eigenvalue weighted by atomic mass is 10.00. The number of methoxy groups -OCH3 is 7. The van der Waals surface area contributed by atoms with Gasteiger partial charge in [0, 0.05) is 11.1 Å². The molecule has 0 amide bonds. The molecule has 206 valence electrons. The van der Waals surface area contributed by atoms with Crippen LogP contribution in [-0.2, 0) is 6.42 Å². The number of hydrogen-bond acceptors (Lipinski definition) is 8. The fraction of sp³-hybridized carbons (Fsp3) is 0.258. The fourth-order valence-electron chi connectivity index (χ4n) is 4.13. The summed E-state index contributed by atoms with van der Waals surface area (Å²) in [6.45, 7) is 0. The predicted molar refractivity (Wildman–Crippen MR) is 151 cm³/mol. The van der Waals surface area contributed by atoms with Crippen LogP contribution in [0, 0.1) is 0 Å². The van der Waals surface area contributed by atoms with Gasteiger partial charge in [0.1, 0.15) is 0 Å². The summed E-state index contributed by atoms with van der Waals surface area (Å²) in [6.07, 6.45) is 7.66. The first kappa shape index (κ1) is 29.0. The Balaban J connectivity index is 1.94. The maximum absolute atomic E-state index is 12.9. The highest BCUT2D eigenvalue weighted by atomic mass is 16.5. The highest BCUT2D eigenvalue weighted by Gasteiger charge is 2.15. The van der Waals surface area contributed by atoms with Crippen molar-refractivity contribution in [2.24, 2.45) is 0 Å². The largest absolute Gasteiger partial charge is 0.493 e. The molecule has 0 aliphatic rings. The van der Waals surface area contributed by atoms with Crippen molar-refractivity contribution >= 4 is 17.9 Å². The van der Waals surface area contributed by atoms with E-state index < -0.39 is 0 Å². The minimum atomic E-state index is -0.160. The second kappa shape index (κ2) is 13.8. The lowest BCUT2D eigenvalue weighted by Crippen LogP contribution is -2.00. The van der Waals surface area contributed by atoms with Gasteiger partial charge in [-0.3, -0.25) is 4.79 Å². The molecular weight excluding hydrogens is 500 g/mol. The van der Waals surface area contributed by atoms with Crippen molar-refractivity contribution in [2.75, 3.05) is 49.8 Å². The minimum absolute atomic E-state index is 0.160. The van der Waals surface area contributed by atoms with Crippen LogP contribution in [0.2, 0.25) is 0 Å². The van der Waals surface area contributed by atoms with Crippen LogP contribution in [0.1, 0.15) is 27.0 Å². The van der Waals surface area contributed by atoms with Crippen molar-refractivity contribution in [3.8, 4) is 40.2 Å². The van der Waals surface area contributed by atoms with Gasteiger partial charge in [-0.1, -0.05) is 24.3 Å². The average Bonchev–Trinajstić information content (AvgIpc) is 2.98. The molecule has 0 aromatic heterocycles. The molecule has 0 aliphatic carbocycles. The van der Waals surface area contributed by atoms with Gasteiger partial charge in [-0.2, -0.15) is 0 Å². The summed E-state index contributed by atoms with van der Waals surface area (Å²) in [7, 11) is 11.0. The van der Waals surface area contributed by atoms with Gasteiger partial charge >= 0.3 is 0 Å². The van der Waals surface area contributed by atoms with E-state index in [9.17, 15) is 4.79 Å². The lowest BCUT2D eigenvalue weighted by molar-refractivity contribution is 0.104. The predicted octanol–water partition coefficient (Wildman–Crippen LogP) is 5.90. The van der Waals surface area contributed by atoms with Gasteiger partial charge in [0.05, 0.1) is 49.8 Å². The van der Waals surface area contributed by atoms with Crippen molar-refractivity contribution in [1.29, 1.82) is 0 Å². The number of benzene rings is 3. The van der Waals surface area contributed by atoms with Crippen LogP contribution in [0.25, 0.3) is 12.2 Å². The Bertz CT molecular complexity index is 1330. The zero-order chi connectivity index (χ0) is 28.4. The van der Waals surface area contributed by atoms with Crippen molar-refractivity contribution < 1.29 is 38.0 Å². The zero-order valence-electron chi connectivity index (χ0n) is 23.3. The molecule has 0 radical (unpaired) electrons. The maximum atomic E-state index is 12.9. The third-order valence-electron chi connectivity index (χ3n) is 6.09. The van der Waals surface area contributed by atoms with Gasteiger partial charge < -0.3 is 33.2 Å². The minimum Gasteiger partial charge on any atom is -0.493 e.